The second kappa shape index (κ2) is 3.16. The van der Waals surface area contributed by atoms with Crippen LogP contribution in [0.1, 0.15) is 5.69 Å². The molecule has 3 nitrogen and oxygen atoms in total. The van der Waals surface area contributed by atoms with Crippen molar-refractivity contribution in [1.29, 1.82) is 0 Å². The van der Waals surface area contributed by atoms with Crippen molar-refractivity contribution >= 4 is 35.0 Å². The van der Waals surface area contributed by atoms with Crippen molar-refractivity contribution in [3.05, 3.63) is 23.0 Å². The molecule has 0 aliphatic rings. The average Bonchev–Trinajstić information content (AvgIpc) is 2.42. The largest absolute Gasteiger partial charge is 0.216 e. The molecule has 0 saturated heterocycles. The number of nitrogens with zero attached hydrogens (tertiary/aromatic N) is 3. The fourth-order valence-corrected chi connectivity index (χ4v) is 1.64. The van der Waals surface area contributed by atoms with Crippen LogP contribution < -0.4 is 0 Å². The Morgan fingerprint density at radius 2 is 2.31 bits per heavy atom. The Balaban J connectivity index is 2.81. The zero-order chi connectivity index (χ0) is 9.42. The predicted octanol–water partition coefficient (Wildman–Crippen LogP) is 2.77. The SMILES string of the molecule is Cc1nn(SF)c2nc(Cl)ccc12. The molecule has 0 amide bonds. The van der Waals surface area contributed by atoms with E-state index in [1.54, 1.807) is 19.1 Å². The lowest BCUT2D eigenvalue weighted by Gasteiger charge is -1.92. The Morgan fingerprint density at radius 1 is 1.54 bits per heavy atom. The van der Waals surface area contributed by atoms with Gasteiger partial charge in [-0.25, -0.2) is 4.98 Å². The molecule has 0 spiro atoms. The van der Waals surface area contributed by atoms with Gasteiger partial charge in [0.2, 0.25) is 0 Å². The zero-order valence-corrected chi connectivity index (χ0v) is 8.23. The van der Waals surface area contributed by atoms with Crippen molar-refractivity contribution in [2.45, 2.75) is 6.92 Å². The van der Waals surface area contributed by atoms with E-state index in [0.29, 0.717) is 10.8 Å². The summed E-state index contributed by atoms with van der Waals surface area (Å²) in [7, 11) is 0. The van der Waals surface area contributed by atoms with E-state index in [2.05, 4.69) is 10.1 Å². The minimum Gasteiger partial charge on any atom is -0.216 e. The molecule has 68 valence electrons. The van der Waals surface area contributed by atoms with Crippen LogP contribution in [0.2, 0.25) is 5.15 Å². The predicted molar refractivity (Wildman–Crippen MR) is 51.4 cm³/mol. The molecule has 0 unspecified atom stereocenters. The van der Waals surface area contributed by atoms with Gasteiger partial charge in [-0.1, -0.05) is 11.6 Å². The lowest BCUT2D eigenvalue weighted by Crippen LogP contribution is -1.87. The Kier molecular flexibility index (Phi) is 2.13. The normalized spacial score (nSPS) is 11.0. The lowest BCUT2D eigenvalue weighted by molar-refractivity contribution is 0.877. The van der Waals surface area contributed by atoms with Crippen LogP contribution >= 0.6 is 23.9 Å². The molecule has 0 saturated carbocycles. The first-order valence-electron chi connectivity index (χ1n) is 3.53. The first-order chi connectivity index (χ1) is 6.22. The molecular formula is C7H5ClFN3S. The molecule has 2 aromatic heterocycles. The van der Waals surface area contributed by atoms with Crippen LogP contribution in [0.4, 0.5) is 3.89 Å². The molecule has 6 heteroatoms. The highest BCUT2D eigenvalue weighted by Crippen LogP contribution is 2.22. The van der Waals surface area contributed by atoms with Gasteiger partial charge in [0.15, 0.2) is 18.0 Å². The molecule has 0 atom stereocenters. The number of fused-ring (bicyclic) bond motifs is 1. The third-order valence-electron chi connectivity index (χ3n) is 1.72. The van der Waals surface area contributed by atoms with E-state index in [-0.39, 0.29) is 12.3 Å². The summed E-state index contributed by atoms with van der Waals surface area (Å²) in [6.45, 7) is 1.80. The van der Waals surface area contributed by atoms with E-state index < -0.39 is 0 Å². The standard InChI is InChI=1S/C7H5ClFN3S/c1-4-5-2-3-6(8)10-7(5)12(11-4)13-9/h2-3H,1H3. The fraction of sp³-hybridized carbons (Fsp3) is 0.143. The summed E-state index contributed by atoms with van der Waals surface area (Å²) in [5.74, 6) is 0. The number of hydrogen-bond donors (Lipinski definition) is 0. The molecule has 0 aromatic carbocycles. The quantitative estimate of drug-likeness (QED) is 0.689. The lowest BCUT2D eigenvalue weighted by atomic mass is 10.3. The Labute approximate surface area is 83.3 Å². The van der Waals surface area contributed by atoms with E-state index >= 15 is 0 Å². The molecule has 0 fully saturated rings. The first-order valence-corrected chi connectivity index (χ1v) is 4.58. The highest BCUT2D eigenvalue weighted by Gasteiger charge is 2.09. The third kappa shape index (κ3) is 1.38. The number of halogens is 2. The number of pyridine rings is 1. The molecule has 0 radical (unpaired) electrons. The zero-order valence-electron chi connectivity index (χ0n) is 6.66. The Bertz CT molecular complexity index is 456. The fourth-order valence-electron chi connectivity index (χ4n) is 1.14. The number of hydrogen-bond acceptors (Lipinski definition) is 3. The van der Waals surface area contributed by atoms with E-state index in [9.17, 15) is 3.89 Å². The molecule has 0 bridgehead atoms. The maximum atomic E-state index is 12.3. The highest BCUT2D eigenvalue weighted by molar-refractivity contribution is 7.92. The van der Waals surface area contributed by atoms with Crippen LogP contribution in [0.15, 0.2) is 12.1 Å². The number of rotatable bonds is 1. The molecule has 13 heavy (non-hydrogen) atoms. The highest BCUT2D eigenvalue weighted by atomic mass is 35.5. The van der Waals surface area contributed by atoms with Gasteiger partial charge in [0.1, 0.15) is 5.15 Å². The van der Waals surface area contributed by atoms with Crippen LogP contribution in [0.3, 0.4) is 0 Å². The molecule has 0 aliphatic carbocycles. The Hall–Kier alpha value is -0.810. The van der Waals surface area contributed by atoms with Gasteiger partial charge in [-0.15, -0.1) is 3.89 Å². The molecule has 0 aliphatic heterocycles. The summed E-state index contributed by atoms with van der Waals surface area (Å²) in [6, 6.07) is 3.44. The van der Waals surface area contributed by atoms with Crippen LogP contribution in [-0.2, 0) is 0 Å². The van der Waals surface area contributed by atoms with E-state index in [4.69, 9.17) is 11.6 Å². The van der Waals surface area contributed by atoms with Crippen LogP contribution in [0.25, 0.3) is 11.0 Å². The first kappa shape index (κ1) is 8.77. The van der Waals surface area contributed by atoms with Gasteiger partial charge >= 0.3 is 0 Å². The van der Waals surface area contributed by atoms with Crippen LogP contribution in [0, 0.1) is 6.92 Å². The van der Waals surface area contributed by atoms with Gasteiger partial charge in [-0.3, -0.25) is 0 Å². The van der Waals surface area contributed by atoms with Crippen molar-refractivity contribution in [3.8, 4) is 0 Å². The van der Waals surface area contributed by atoms with Crippen LogP contribution in [-0.4, -0.2) is 14.2 Å². The maximum Gasteiger partial charge on any atom is 0.189 e. The van der Waals surface area contributed by atoms with Crippen molar-refractivity contribution in [2.24, 2.45) is 0 Å². The monoisotopic (exact) mass is 217 g/mol. The number of aryl methyl sites for hydroxylation is 1. The van der Waals surface area contributed by atoms with E-state index in [1.807, 2.05) is 0 Å². The second-order valence-corrected chi connectivity index (χ2v) is 3.40. The average molecular weight is 218 g/mol. The van der Waals surface area contributed by atoms with Gasteiger partial charge in [0.25, 0.3) is 0 Å². The van der Waals surface area contributed by atoms with Gasteiger partial charge in [-0.05, 0) is 19.1 Å². The second-order valence-electron chi connectivity index (χ2n) is 2.53. The summed E-state index contributed by atoms with van der Waals surface area (Å²) in [4.78, 5) is 3.97. The minimum absolute atomic E-state index is 0.0122. The summed E-state index contributed by atoms with van der Waals surface area (Å²) in [5.41, 5.74) is 1.20. The minimum atomic E-state index is 0.0122. The molecule has 0 N–H and O–H groups in total. The smallest absolute Gasteiger partial charge is 0.189 e. The van der Waals surface area contributed by atoms with Crippen molar-refractivity contribution in [3.63, 3.8) is 0 Å². The van der Waals surface area contributed by atoms with Gasteiger partial charge < -0.3 is 0 Å². The number of aromatic nitrogens is 3. The molecule has 2 rings (SSSR count). The van der Waals surface area contributed by atoms with Crippen molar-refractivity contribution in [2.75, 3.05) is 0 Å². The van der Waals surface area contributed by atoms with Gasteiger partial charge in [-0.2, -0.15) is 9.19 Å². The summed E-state index contributed by atoms with van der Waals surface area (Å²) in [5, 5.41) is 5.08. The molecular weight excluding hydrogens is 213 g/mol. The van der Waals surface area contributed by atoms with E-state index in [1.165, 1.54) is 0 Å². The summed E-state index contributed by atoms with van der Waals surface area (Å²) < 4.78 is 13.4. The molecule has 2 aromatic rings. The maximum absolute atomic E-state index is 12.3. The van der Waals surface area contributed by atoms with Gasteiger partial charge in [0, 0.05) is 5.39 Å². The third-order valence-corrected chi connectivity index (χ3v) is 2.31. The van der Waals surface area contributed by atoms with Crippen molar-refractivity contribution in [1.82, 2.24) is 14.2 Å². The summed E-state index contributed by atoms with van der Waals surface area (Å²) >= 11 is 5.69. The molecule has 2 heterocycles. The van der Waals surface area contributed by atoms with E-state index in [0.717, 1.165) is 15.2 Å². The van der Waals surface area contributed by atoms with Crippen molar-refractivity contribution < 1.29 is 3.89 Å². The van der Waals surface area contributed by atoms with Crippen LogP contribution in [0.5, 0.6) is 0 Å². The Morgan fingerprint density at radius 3 is 3.00 bits per heavy atom. The van der Waals surface area contributed by atoms with Gasteiger partial charge in [0.05, 0.1) is 5.69 Å². The topological polar surface area (TPSA) is 30.7 Å². The summed E-state index contributed by atoms with van der Waals surface area (Å²) in [6.07, 6.45) is 0.